The van der Waals surface area contributed by atoms with Crippen LogP contribution in [0.15, 0.2) is 47.6 Å². The van der Waals surface area contributed by atoms with Crippen LogP contribution in [0.25, 0.3) is 0 Å². The first kappa shape index (κ1) is 17.3. The number of nitrogens with zero attached hydrogens (tertiary/aromatic N) is 2. The van der Waals surface area contributed by atoms with E-state index in [4.69, 9.17) is 21.1 Å². The van der Waals surface area contributed by atoms with Gasteiger partial charge in [-0.2, -0.15) is 5.10 Å². The largest absolute Gasteiger partial charge is 0.497 e. The maximum absolute atomic E-state index is 12.1. The van der Waals surface area contributed by atoms with E-state index in [9.17, 15) is 4.79 Å². The number of hydrogen-bond acceptors (Lipinski definition) is 4. The molecule has 1 aliphatic heterocycles. The fourth-order valence-corrected chi connectivity index (χ4v) is 3.12. The lowest BCUT2D eigenvalue weighted by Gasteiger charge is -2.20. The molecule has 0 radical (unpaired) electrons. The minimum absolute atomic E-state index is 0.116. The van der Waals surface area contributed by atoms with Crippen molar-refractivity contribution < 1.29 is 14.3 Å². The van der Waals surface area contributed by atoms with Crippen LogP contribution < -0.4 is 9.47 Å². The molecule has 1 atom stereocenters. The molecule has 25 heavy (non-hydrogen) atoms. The van der Waals surface area contributed by atoms with E-state index in [-0.39, 0.29) is 11.9 Å². The highest BCUT2D eigenvalue weighted by Crippen LogP contribution is 2.35. The molecule has 5 nitrogen and oxygen atoms in total. The van der Waals surface area contributed by atoms with E-state index < -0.39 is 0 Å². The van der Waals surface area contributed by atoms with E-state index in [0.717, 1.165) is 16.8 Å². The molecular formula is C19H19ClN2O3. The number of rotatable bonds is 4. The zero-order chi connectivity index (χ0) is 18.0. The molecule has 0 aliphatic carbocycles. The predicted molar refractivity (Wildman–Crippen MR) is 97.4 cm³/mol. The molecule has 0 saturated carbocycles. The lowest BCUT2D eigenvalue weighted by molar-refractivity contribution is -0.130. The second-order valence-electron chi connectivity index (χ2n) is 5.79. The Kier molecular flexibility index (Phi) is 4.95. The molecule has 1 aliphatic rings. The molecule has 0 N–H and O–H groups in total. The summed E-state index contributed by atoms with van der Waals surface area (Å²) in [4.78, 5) is 12.1. The highest BCUT2D eigenvalue weighted by atomic mass is 35.5. The number of halogens is 1. The first-order valence-electron chi connectivity index (χ1n) is 7.88. The number of amides is 1. The minimum Gasteiger partial charge on any atom is -0.497 e. The van der Waals surface area contributed by atoms with Crippen LogP contribution in [0.5, 0.6) is 11.5 Å². The van der Waals surface area contributed by atoms with Crippen LogP contribution in [0.4, 0.5) is 0 Å². The van der Waals surface area contributed by atoms with Gasteiger partial charge < -0.3 is 9.47 Å². The van der Waals surface area contributed by atoms with Gasteiger partial charge in [0.25, 0.3) is 0 Å². The topological polar surface area (TPSA) is 51.1 Å². The summed E-state index contributed by atoms with van der Waals surface area (Å²) in [5.41, 5.74) is 2.63. The number of hydrazone groups is 1. The van der Waals surface area contributed by atoms with Gasteiger partial charge in [0.15, 0.2) is 0 Å². The van der Waals surface area contributed by atoms with Gasteiger partial charge in [-0.1, -0.05) is 23.7 Å². The van der Waals surface area contributed by atoms with Crippen molar-refractivity contribution in [3.8, 4) is 11.5 Å². The summed E-state index contributed by atoms with van der Waals surface area (Å²) in [7, 11) is 3.21. The molecule has 0 aromatic heterocycles. The average molecular weight is 359 g/mol. The van der Waals surface area contributed by atoms with Crippen molar-refractivity contribution >= 4 is 23.2 Å². The van der Waals surface area contributed by atoms with Gasteiger partial charge >= 0.3 is 0 Å². The van der Waals surface area contributed by atoms with Gasteiger partial charge in [0.1, 0.15) is 11.5 Å². The number of methoxy groups -OCH3 is 2. The second-order valence-corrected chi connectivity index (χ2v) is 6.22. The zero-order valence-electron chi connectivity index (χ0n) is 14.3. The van der Waals surface area contributed by atoms with E-state index in [1.54, 1.807) is 20.3 Å². The number of carbonyl (C=O) groups is 1. The van der Waals surface area contributed by atoms with Crippen LogP contribution in [0.2, 0.25) is 5.02 Å². The third-order valence-corrected chi connectivity index (χ3v) is 4.39. The molecule has 2 aromatic rings. The monoisotopic (exact) mass is 358 g/mol. The number of benzene rings is 2. The van der Waals surface area contributed by atoms with Crippen molar-refractivity contribution in [2.75, 3.05) is 14.2 Å². The van der Waals surface area contributed by atoms with Gasteiger partial charge in [-0.15, -0.1) is 0 Å². The Hall–Kier alpha value is -2.53. The number of hydrogen-bond donors (Lipinski definition) is 0. The van der Waals surface area contributed by atoms with E-state index in [2.05, 4.69) is 5.10 Å². The first-order valence-corrected chi connectivity index (χ1v) is 8.26. The van der Waals surface area contributed by atoms with Gasteiger partial charge in [-0.05, 0) is 29.8 Å². The van der Waals surface area contributed by atoms with Crippen molar-refractivity contribution in [3.63, 3.8) is 0 Å². The van der Waals surface area contributed by atoms with Crippen LogP contribution in [0.3, 0.4) is 0 Å². The molecule has 2 aromatic carbocycles. The second kappa shape index (κ2) is 7.15. The summed E-state index contributed by atoms with van der Waals surface area (Å²) in [6.45, 7) is 1.51. The summed E-state index contributed by atoms with van der Waals surface area (Å²) in [6, 6.07) is 12.9. The molecule has 0 bridgehead atoms. The van der Waals surface area contributed by atoms with Crippen molar-refractivity contribution in [2.24, 2.45) is 5.10 Å². The minimum atomic E-state index is -0.177. The summed E-state index contributed by atoms with van der Waals surface area (Å²) in [5, 5.41) is 6.69. The molecule has 1 amide bonds. The van der Waals surface area contributed by atoms with Gasteiger partial charge in [-0.3, -0.25) is 4.79 Å². The third-order valence-electron chi connectivity index (χ3n) is 4.15. The summed E-state index contributed by atoms with van der Waals surface area (Å²) >= 11 is 6.11. The van der Waals surface area contributed by atoms with Crippen LogP contribution >= 0.6 is 11.6 Å². The SMILES string of the molecule is COc1cc(OC)cc(C2=NN(C(C)=O)C(c3cccc(Cl)c3)C2)c1. The van der Waals surface area contributed by atoms with Gasteiger partial charge in [0, 0.05) is 30.0 Å². The fraction of sp³-hybridized carbons (Fsp3) is 0.263. The van der Waals surface area contributed by atoms with E-state index in [1.165, 1.54) is 11.9 Å². The van der Waals surface area contributed by atoms with Gasteiger partial charge in [0.05, 0.1) is 26.0 Å². The molecule has 3 rings (SSSR count). The van der Waals surface area contributed by atoms with Crippen molar-refractivity contribution in [1.82, 2.24) is 5.01 Å². The molecule has 1 heterocycles. The maximum Gasteiger partial charge on any atom is 0.240 e. The van der Waals surface area contributed by atoms with Gasteiger partial charge in [-0.25, -0.2) is 5.01 Å². The molecule has 6 heteroatoms. The Balaban J connectivity index is 1.99. The van der Waals surface area contributed by atoms with Crippen molar-refractivity contribution in [1.29, 1.82) is 0 Å². The molecule has 1 unspecified atom stereocenters. The maximum atomic E-state index is 12.1. The van der Waals surface area contributed by atoms with Gasteiger partial charge in [0.2, 0.25) is 5.91 Å². The first-order chi connectivity index (χ1) is 12.0. The van der Waals surface area contributed by atoms with Crippen LogP contribution in [-0.4, -0.2) is 30.8 Å². The Morgan fingerprint density at radius 3 is 2.40 bits per heavy atom. The Morgan fingerprint density at radius 1 is 1.16 bits per heavy atom. The quantitative estimate of drug-likeness (QED) is 0.828. The average Bonchev–Trinajstić information content (AvgIpc) is 3.07. The van der Waals surface area contributed by atoms with Crippen LogP contribution in [0, 0.1) is 0 Å². The summed E-state index contributed by atoms with van der Waals surface area (Å²) in [6.07, 6.45) is 0.593. The Labute approximate surface area is 151 Å². The van der Waals surface area contributed by atoms with Crippen molar-refractivity contribution in [3.05, 3.63) is 58.6 Å². The predicted octanol–water partition coefficient (Wildman–Crippen LogP) is 4.05. The van der Waals surface area contributed by atoms with E-state index in [0.29, 0.717) is 22.9 Å². The molecule has 0 spiro atoms. The highest BCUT2D eigenvalue weighted by Gasteiger charge is 2.31. The fourth-order valence-electron chi connectivity index (χ4n) is 2.92. The molecule has 130 valence electrons. The number of carbonyl (C=O) groups excluding carboxylic acids is 1. The standard InChI is InChI=1S/C19H19ClN2O3/c1-12(23)22-19(13-5-4-6-15(20)7-13)11-18(21-22)14-8-16(24-2)10-17(9-14)25-3/h4-10,19H,11H2,1-3H3. The van der Waals surface area contributed by atoms with Crippen LogP contribution in [-0.2, 0) is 4.79 Å². The van der Waals surface area contributed by atoms with Crippen LogP contribution in [0.1, 0.15) is 30.5 Å². The smallest absolute Gasteiger partial charge is 0.240 e. The molecule has 0 saturated heterocycles. The third kappa shape index (κ3) is 3.61. The Morgan fingerprint density at radius 2 is 1.84 bits per heavy atom. The van der Waals surface area contributed by atoms with Crippen molar-refractivity contribution in [2.45, 2.75) is 19.4 Å². The molecular weight excluding hydrogens is 340 g/mol. The summed E-state index contributed by atoms with van der Waals surface area (Å²) in [5.74, 6) is 1.24. The normalized spacial score (nSPS) is 16.6. The lowest BCUT2D eigenvalue weighted by atomic mass is 9.98. The zero-order valence-corrected chi connectivity index (χ0v) is 15.1. The van der Waals surface area contributed by atoms with E-state index in [1.807, 2.05) is 36.4 Å². The van der Waals surface area contributed by atoms with E-state index >= 15 is 0 Å². The highest BCUT2D eigenvalue weighted by molar-refractivity contribution is 6.30. The summed E-state index contributed by atoms with van der Waals surface area (Å²) < 4.78 is 10.7. The molecule has 0 fully saturated rings. The lowest BCUT2D eigenvalue weighted by Crippen LogP contribution is -2.24. The Bertz CT molecular complexity index is 813. The number of ether oxygens (including phenoxy) is 2.